The molecule has 0 saturated carbocycles. The van der Waals surface area contributed by atoms with Gasteiger partial charge in [0.25, 0.3) is 14.2 Å². The average molecular weight is 395 g/mol. The third-order valence-electron chi connectivity index (χ3n) is 2.87. The molecular weight excluding hydrogens is 382 g/mol. The molecular formula is C12H13BrClN3O3S. The topological polar surface area (TPSA) is 74.1 Å². The zero-order chi connectivity index (χ0) is 15.6. The van der Waals surface area contributed by atoms with Crippen molar-refractivity contribution in [3.8, 4) is 11.4 Å². The van der Waals surface area contributed by atoms with Crippen molar-refractivity contribution >= 4 is 35.7 Å². The van der Waals surface area contributed by atoms with Crippen molar-refractivity contribution in [2.75, 3.05) is 13.7 Å². The smallest absolute Gasteiger partial charge is 0.296 e. The zero-order valence-corrected chi connectivity index (χ0v) is 14.5. The molecule has 0 aliphatic heterocycles. The monoisotopic (exact) mass is 393 g/mol. The molecule has 0 N–H and O–H groups in total. The van der Waals surface area contributed by atoms with Crippen LogP contribution in [0.4, 0.5) is 0 Å². The number of nitrogens with zero attached hydrogens (tertiary/aromatic N) is 3. The van der Waals surface area contributed by atoms with Crippen LogP contribution in [-0.4, -0.2) is 36.9 Å². The molecule has 0 spiro atoms. The maximum absolute atomic E-state index is 11.6. The summed E-state index contributed by atoms with van der Waals surface area (Å²) in [7, 11) is 2.96. The van der Waals surface area contributed by atoms with Gasteiger partial charge in [-0.1, -0.05) is 22.0 Å². The molecule has 0 radical (unpaired) electrons. The third-order valence-corrected chi connectivity index (χ3v) is 4.91. The second-order valence-corrected chi connectivity index (χ2v) is 7.67. The van der Waals surface area contributed by atoms with Crippen molar-refractivity contribution in [1.29, 1.82) is 0 Å². The molecule has 1 heterocycles. The Kier molecular flexibility index (Phi) is 5.03. The standard InChI is InChI=1S/C12H13BrClN3O3S/c1-8-7-9(3-4-10(8)13)11-15-16-12(21(14,18)19)17(11)5-6-20-2/h3-4,7H,5-6H2,1-2H3. The highest BCUT2D eigenvalue weighted by molar-refractivity contribution is 9.10. The Morgan fingerprint density at radius 1 is 1.38 bits per heavy atom. The summed E-state index contributed by atoms with van der Waals surface area (Å²) in [6.45, 7) is 2.54. The Balaban J connectivity index is 2.57. The van der Waals surface area contributed by atoms with E-state index < -0.39 is 9.05 Å². The third kappa shape index (κ3) is 3.63. The number of aryl methyl sites for hydroxylation is 1. The minimum Gasteiger partial charge on any atom is -0.383 e. The van der Waals surface area contributed by atoms with E-state index in [9.17, 15) is 8.42 Å². The number of ether oxygens (including phenoxy) is 1. The molecule has 0 bridgehead atoms. The van der Waals surface area contributed by atoms with E-state index in [1.165, 1.54) is 11.7 Å². The van der Waals surface area contributed by atoms with Gasteiger partial charge in [-0.2, -0.15) is 0 Å². The van der Waals surface area contributed by atoms with Crippen LogP contribution in [-0.2, 0) is 20.3 Å². The zero-order valence-electron chi connectivity index (χ0n) is 11.4. The van der Waals surface area contributed by atoms with Gasteiger partial charge < -0.3 is 4.74 Å². The molecule has 0 unspecified atom stereocenters. The number of aromatic nitrogens is 3. The van der Waals surface area contributed by atoms with Gasteiger partial charge in [0.05, 0.1) is 13.2 Å². The molecule has 0 fully saturated rings. The summed E-state index contributed by atoms with van der Waals surface area (Å²) in [5.41, 5.74) is 1.76. The molecule has 2 rings (SSSR count). The van der Waals surface area contributed by atoms with Crippen molar-refractivity contribution in [3.63, 3.8) is 0 Å². The van der Waals surface area contributed by atoms with E-state index in [0.717, 1.165) is 15.6 Å². The molecule has 0 amide bonds. The number of benzene rings is 1. The lowest BCUT2D eigenvalue weighted by molar-refractivity contribution is 0.185. The van der Waals surface area contributed by atoms with Crippen LogP contribution in [0, 0.1) is 6.92 Å². The highest BCUT2D eigenvalue weighted by atomic mass is 79.9. The molecule has 1 aromatic heterocycles. The van der Waals surface area contributed by atoms with E-state index in [1.54, 1.807) is 0 Å². The van der Waals surface area contributed by atoms with Gasteiger partial charge in [0.2, 0.25) is 0 Å². The largest absolute Gasteiger partial charge is 0.383 e. The van der Waals surface area contributed by atoms with Gasteiger partial charge in [0.15, 0.2) is 5.82 Å². The molecule has 9 heteroatoms. The quantitative estimate of drug-likeness (QED) is 0.729. The number of rotatable bonds is 5. The molecule has 2 aromatic rings. The van der Waals surface area contributed by atoms with Crippen LogP contribution in [0.5, 0.6) is 0 Å². The predicted molar refractivity (Wildman–Crippen MR) is 82.8 cm³/mol. The molecule has 0 atom stereocenters. The Hall–Kier alpha value is -0.960. The van der Waals surface area contributed by atoms with Gasteiger partial charge in [-0.05, 0) is 24.6 Å². The normalized spacial score (nSPS) is 11.8. The van der Waals surface area contributed by atoms with E-state index in [0.29, 0.717) is 12.4 Å². The SMILES string of the molecule is COCCn1c(-c2ccc(Br)c(C)c2)nnc1S(=O)(=O)Cl. The van der Waals surface area contributed by atoms with E-state index in [-0.39, 0.29) is 11.7 Å². The van der Waals surface area contributed by atoms with Crippen LogP contribution in [0.1, 0.15) is 5.56 Å². The summed E-state index contributed by atoms with van der Waals surface area (Å²) in [4.78, 5) is 0. The molecule has 1 aromatic carbocycles. The molecule has 0 aliphatic rings. The van der Waals surface area contributed by atoms with Crippen LogP contribution in [0.3, 0.4) is 0 Å². The van der Waals surface area contributed by atoms with Crippen molar-refractivity contribution in [3.05, 3.63) is 28.2 Å². The maximum Gasteiger partial charge on any atom is 0.296 e. The fourth-order valence-corrected chi connectivity index (χ4v) is 3.02. The number of methoxy groups -OCH3 is 1. The summed E-state index contributed by atoms with van der Waals surface area (Å²) in [6.07, 6.45) is 0. The van der Waals surface area contributed by atoms with E-state index in [1.807, 2.05) is 25.1 Å². The molecule has 0 saturated heterocycles. The summed E-state index contributed by atoms with van der Waals surface area (Å²) in [5, 5.41) is 7.37. The van der Waals surface area contributed by atoms with Gasteiger partial charge in [-0.3, -0.25) is 4.57 Å². The summed E-state index contributed by atoms with van der Waals surface area (Å²) < 4.78 is 30.5. The summed E-state index contributed by atoms with van der Waals surface area (Å²) >= 11 is 3.42. The number of hydrogen-bond donors (Lipinski definition) is 0. The van der Waals surface area contributed by atoms with Crippen molar-refractivity contribution in [2.24, 2.45) is 0 Å². The first-order chi connectivity index (χ1) is 9.84. The minimum atomic E-state index is -3.97. The van der Waals surface area contributed by atoms with Crippen molar-refractivity contribution < 1.29 is 13.2 Å². The molecule has 114 valence electrons. The lowest BCUT2D eigenvalue weighted by Crippen LogP contribution is -2.11. The van der Waals surface area contributed by atoms with Gasteiger partial charge in [0, 0.05) is 27.8 Å². The average Bonchev–Trinajstić information content (AvgIpc) is 2.83. The Bertz CT molecular complexity index is 761. The first-order valence-electron chi connectivity index (χ1n) is 5.98. The second-order valence-electron chi connectivity index (χ2n) is 4.35. The number of halogens is 2. The first kappa shape index (κ1) is 16.4. The predicted octanol–water partition coefficient (Wildman–Crippen LogP) is 2.59. The number of hydrogen-bond acceptors (Lipinski definition) is 5. The van der Waals surface area contributed by atoms with Gasteiger partial charge in [-0.25, -0.2) is 8.42 Å². The highest BCUT2D eigenvalue weighted by Crippen LogP contribution is 2.26. The van der Waals surface area contributed by atoms with Crippen LogP contribution in [0.2, 0.25) is 0 Å². The molecule has 6 nitrogen and oxygen atoms in total. The van der Waals surface area contributed by atoms with E-state index in [2.05, 4.69) is 26.1 Å². The fraction of sp³-hybridized carbons (Fsp3) is 0.333. The maximum atomic E-state index is 11.6. The molecule has 0 aliphatic carbocycles. The van der Waals surface area contributed by atoms with Gasteiger partial charge >= 0.3 is 0 Å². The highest BCUT2D eigenvalue weighted by Gasteiger charge is 2.23. The van der Waals surface area contributed by atoms with Gasteiger partial charge in [-0.15, -0.1) is 10.2 Å². The Morgan fingerprint density at radius 3 is 2.67 bits per heavy atom. The van der Waals surface area contributed by atoms with E-state index >= 15 is 0 Å². The van der Waals surface area contributed by atoms with Crippen LogP contribution >= 0.6 is 26.6 Å². The second kappa shape index (κ2) is 6.43. The van der Waals surface area contributed by atoms with Crippen LogP contribution in [0.15, 0.2) is 27.8 Å². The lowest BCUT2D eigenvalue weighted by atomic mass is 10.1. The van der Waals surface area contributed by atoms with Crippen molar-refractivity contribution in [1.82, 2.24) is 14.8 Å². The summed E-state index contributed by atoms with van der Waals surface area (Å²) in [5.74, 6) is 0.432. The Morgan fingerprint density at radius 2 is 2.10 bits per heavy atom. The van der Waals surface area contributed by atoms with E-state index in [4.69, 9.17) is 15.4 Å². The molecule has 21 heavy (non-hydrogen) atoms. The first-order valence-corrected chi connectivity index (χ1v) is 9.08. The van der Waals surface area contributed by atoms with Gasteiger partial charge in [0.1, 0.15) is 0 Å². The lowest BCUT2D eigenvalue weighted by Gasteiger charge is -2.09. The minimum absolute atomic E-state index is 0.281. The summed E-state index contributed by atoms with van der Waals surface area (Å²) in [6, 6.07) is 5.59. The van der Waals surface area contributed by atoms with Crippen LogP contribution < -0.4 is 0 Å². The van der Waals surface area contributed by atoms with Crippen molar-refractivity contribution in [2.45, 2.75) is 18.6 Å². The fourth-order valence-electron chi connectivity index (χ4n) is 1.85. The Labute approximate surface area is 135 Å². The van der Waals surface area contributed by atoms with Crippen LogP contribution in [0.25, 0.3) is 11.4 Å².